The number of allylic oxidation sites excluding steroid dienone is 3. The third-order valence-corrected chi connectivity index (χ3v) is 2.04. The lowest BCUT2D eigenvalue weighted by Crippen LogP contribution is -2.41. The Morgan fingerprint density at radius 2 is 2.12 bits per heavy atom. The molecule has 90 valence electrons. The van der Waals surface area contributed by atoms with Crippen molar-refractivity contribution in [2.75, 3.05) is 0 Å². The van der Waals surface area contributed by atoms with Gasteiger partial charge in [0.2, 0.25) is 0 Å². The fraction of sp³-hybridized carbons (Fsp3) is 0.167. The van der Waals surface area contributed by atoms with Crippen molar-refractivity contribution in [1.82, 2.24) is 9.97 Å². The largest absolute Gasteiger partial charge is 0.319 e. The van der Waals surface area contributed by atoms with E-state index in [0.29, 0.717) is 6.08 Å². The van der Waals surface area contributed by atoms with Crippen molar-refractivity contribution in [3.05, 3.63) is 51.6 Å². The number of aromatic amines is 1. The van der Waals surface area contributed by atoms with Crippen LogP contribution in [0.25, 0.3) is 12.7 Å². The summed E-state index contributed by atoms with van der Waals surface area (Å²) in [6.07, 6.45) is 5.19. The minimum Gasteiger partial charge on any atom is -0.319 e. The Balaban J connectivity index is 3.61. The van der Waals surface area contributed by atoms with Crippen molar-refractivity contribution in [3.8, 4) is 0 Å². The second-order valence-electron chi connectivity index (χ2n) is 3.30. The molecule has 3 nitrogen and oxygen atoms in total. The van der Waals surface area contributed by atoms with Gasteiger partial charge in [-0.25, -0.2) is 4.98 Å². The number of rotatable bonds is 3. The van der Waals surface area contributed by atoms with E-state index in [0.717, 1.165) is 0 Å². The van der Waals surface area contributed by atoms with Crippen LogP contribution in [0.1, 0.15) is 12.6 Å². The molecule has 1 heterocycles. The lowest BCUT2D eigenvalue weighted by Gasteiger charge is -2.08. The van der Waals surface area contributed by atoms with Crippen molar-refractivity contribution in [2.24, 2.45) is 0 Å². The number of hydrogen-bond acceptors (Lipinski definition) is 2. The van der Waals surface area contributed by atoms with Crippen LogP contribution < -0.4 is 16.3 Å². The summed E-state index contributed by atoms with van der Waals surface area (Å²) >= 11 is 0. The van der Waals surface area contributed by atoms with E-state index in [-0.39, 0.29) is 10.7 Å². The van der Waals surface area contributed by atoms with Gasteiger partial charge in [0.05, 0.1) is 10.7 Å². The van der Waals surface area contributed by atoms with Gasteiger partial charge in [0.25, 0.3) is 5.56 Å². The van der Waals surface area contributed by atoms with Gasteiger partial charge in [-0.3, -0.25) is 4.79 Å². The molecule has 1 N–H and O–H groups in total. The van der Waals surface area contributed by atoms with Crippen LogP contribution in [0.15, 0.2) is 29.6 Å². The summed E-state index contributed by atoms with van der Waals surface area (Å²) in [4.78, 5) is 17.2. The molecule has 0 amide bonds. The number of aromatic nitrogens is 2. The molecule has 1 rings (SSSR count). The first-order chi connectivity index (χ1) is 7.92. The van der Waals surface area contributed by atoms with Crippen molar-refractivity contribution in [3.63, 3.8) is 0 Å². The normalized spacial score (nSPS) is 13.2. The molecule has 0 spiro atoms. The quantitative estimate of drug-likeness (QED) is 0.792. The van der Waals surface area contributed by atoms with E-state index in [9.17, 15) is 13.6 Å². The monoisotopic (exact) mass is 238 g/mol. The van der Waals surface area contributed by atoms with Crippen LogP contribution in [-0.2, 0) is 5.92 Å². The summed E-state index contributed by atoms with van der Waals surface area (Å²) in [5.41, 5.74) is -1.84. The zero-order chi connectivity index (χ0) is 13.1. The highest BCUT2D eigenvalue weighted by Crippen LogP contribution is 2.23. The van der Waals surface area contributed by atoms with Crippen molar-refractivity contribution < 1.29 is 8.78 Å². The van der Waals surface area contributed by atoms with E-state index >= 15 is 0 Å². The lowest BCUT2D eigenvalue weighted by molar-refractivity contribution is 0.0456. The van der Waals surface area contributed by atoms with E-state index < -0.39 is 17.2 Å². The molecule has 0 bridgehead atoms. The molecule has 0 aliphatic heterocycles. The molecular formula is C12H12F2N2O. The highest BCUT2D eigenvalue weighted by molar-refractivity contribution is 5.34. The Bertz CT molecular complexity index is 614. The topological polar surface area (TPSA) is 45.8 Å². The first-order valence-corrected chi connectivity index (χ1v) is 4.86. The highest BCUT2D eigenvalue weighted by Gasteiger charge is 2.32. The van der Waals surface area contributed by atoms with Crippen molar-refractivity contribution >= 4 is 12.7 Å². The van der Waals surface area contributed by atoms with Crippen LogP contribution in [0, 0.1) is 0 Å². The van der Waals surface area contributed by atoms with Gasteiger partial charge in [0.15, 0.2) is 5.69 Å². The summed E-state index contributed by atoms with van der Waals surface area (Å²) in [5, 5.41) is 0.385. The number of hydrogen-bond donors (Lipinski definition) is 1. The Morgan fingerprint density at radius 1 is 1.47 bits per heavy atom. The molecule has 0 aliphatic carbocycles. The molecule has 0 aromatic carbocycles. The standard InChI is InChI=1S/C12H12F2N2O/c1-4-6-7-9-8(3)15-11(17)10(16-9)12(13,14)5-2/h4-7H,2-3H2,1H3,(H,15,17)/b6-4-,9-7+. The van der Waals surface area contributed by atoms with Gasteiger partial charge in [-0.2, -0.15) is 8.78 Å². The minimum absolute atomic E-state index is 0.191. The molecule has 1 aromatic heterocycles. The Hall–Kier alpha value is -2.04. The summed E-state index contributed by atoms with van der Waals surface area (Å²) in [6.45, 7) is 8.28. The SMILES string of the molecule is C=CC(F)(F)c1n/c(=C/C=C\C)c(=C)[nH]c1=O. The maximum Gasteiger partial charge on any atom is 0.313 e. The smallest absolute Gasteiger partial charge is 0.313 e. The van der Waals surface area contributed by atoms with Crippen molar-refractivity contribution in [2.45, 2.75) is 12.8 Å². The Kier molecular flexibility index (Phi) is 3.73. The molecule has 0 fully saturated rings. The zero-order valence-electron chi connectivity index (χ0n) is 9.34. The maximum atomic E-state index is 13.3. The van der Waals surface area contributed by atoms with E-state index in [1.54, 1.807) is 19.1 Å². The van der Waals surface area contributed by atoms with Gasteiger partial charge in [0, 0.05) is 0 Å². The average molecular weight is 238 g/mol. The van der Waals surface area contributed by atoms with Crippen LogP contribution in [0.2, 0.25) is 0 Å². The highest BCUT2D eigenvalue weighted by atomic mass is 19.3. The second kappa shape index (κ2) is 4.86. The second-order valence-corrected chi connectivity index (χ2v) is 3.30. The average Bonchev–Trinajstić information content (AvgIpc) is 2.27. The van der Waals surface area contributed by atoms with Gasteiger partial charge in [-0.05, 0) is 19.1 Å². The maximum absolute atomic E-state index is 13.3. The number of alkyl halides is 2. The predicted octanol–water partition coefficient (Wildman–Crippen LogP) is 0.815. The molecule has 1 aromatic rings. The fourth-order valence-electron chi connectivity index (χ4n) is 1.15. The van der Waals surface area contributed by atoms with Crippen molar-refractivity contribution in [1.29, 1.82) is 0 Å². The molecular weight excluding hydrogens is 226 g/mol. The molecule has 0 aliphatic rings. The van der Waals surface area contributed by atoms with Crippen LogP contribution in [0.5, 0.6) is 0 Å². The van der Waals surface area contributed by atoms with Gasteiger partial charge >= 0.3 is 5.92 Å². The van der Waals surface area contributed by atoms with E-state index in [1.165, 1.54) is 6.08 Å². The Labute approximate surface area is 96.5 Å². The summed E-state index contributed by atoms with van der Waals surface area (Å²) in [7, 11) is 0. The number of H-pyrrole nitrogens is 1. The summed E-state index contributed by atoms with van der Waals surface area (Å²) in [6, 6.07) is 0. The van der Waals surface area contributed by atoms with E-state index in [4.69, 9.17) is 0 Å². The molecule has 17 heavy (non-hydrogen) atoms. The number of nitrogens with one attached hydrogen (secondary N) is 1. The third kappa shape index (κ3) is 2.75. The van der Waals surface area contributed by atoms with Gasteiger partial charge in [-0.1, -0.05) is 25.3 Å². The number of halogens is 2. The Morgan fingerprint density at radius 3 is 2.65 bits per heavy atom. The van der Waals surface area contributed by atoms with E-state index in [1.807, 2.05) is 0 Å². The van der Waals surface area contributed by atoms with Gasteiger partial charge < -0.3 is 4.98 Å². The minimum atomic E-state index is -3.46. The predicted molar refractivity (Wildman–Crippen MR) is 63.0 cm³/mol. The number of nitrogens with zero attached hydrogens (tertiary/aromatic N) is 1. The molecule has 0 radical (unpaired) electrons. The van der Waals surface area contributed by atoms with E-state index in [2.05, 4.69) is 23.1 Å². The van der Waals surface area contributed by atoms with Gasteiger partial charge in [-0.15, -0.1) is 0 Å². The molecule has 0 saturated heterocycles. The van der Waals surface area contributed by atoms with Crippen LogP contribution in [-0.4, -0.2) is 9.97 Å². The van der Waals surface area contributed by atoms with Crippen LogP contribution >= 0.6 is 0 Å². The van der Waals surface area contributed by atoms with Crippen LogP contribution in [0.4, 0.5) is 8.78 Å². The summed E-state index contributed by atoms with van der Waals surface area (Å²) < 4.78 is 26.7. The molecule has 0 unspecified atom stereocenters. The molecule has 5 heteroatoms. The third-order valence-electron chi connectivity index (χ3n) is 2.04. The lowest BCUT2D eigenvalue weighted by atomic mass is 10.2. The molecule has 0 atom stereocenters. The van der Waals surface area contributed by atoms with Gasteiger partial charge in [0.1, 0.15) is 0 Å². The zero-order valence-corrected chi connectivity index (χ0v) is 9.34. The first kappa shape index (κ1) is 13.0. The summed E-state index contributed by atoms with van der Waals surface area (Å²) in [5.74, 6) is -3.46. The van der Waals surface area contributed by atoms with Crippen LogP contribution in [0.3, 0.4) is 0 Å². The molecule has 0 saturated carbocycles. The first-order valence-electron chi connectivity index (χ1n) is 4.86. The fourth-order valence-corrected chi connectivity index (χ4v) is 1.15.